The molecule has 0 aromatic heterocycles. The van der Waals surface area contributed by atoms with E-state index in [2.05, 4.69) is 17.6 Å². The number of hydrogen-bond donors (Lipinski definition) is 2. The third kappa shape index (κ3) is 5.38. The van der Waals surface area contributed by atoms with Gasteiger partial charge in [-0.25, -0.2) is 0 Å². The Labute approximate surface area is 159 Å². The van der Waals surface area contributed by atoms with Gasteiger partial charge in [-0.1, -0.05) is 54.7 Å². The lowest BCUT2D eigenvalue weighted by atomic mass is 10.1. The molecule has 2 N–H and O–H groups in total. The van der Waals surface area contributed by atoms with Crippen molar-refractivity contribution in [2.75, 3.05) is 12.4 Å². The number of likely N-dealkylation sites (N-methyl/N-ethyl adjacent to an activating group) is 1. The maximum Gasteiger partial charge on any atom is 0.241 e. The van der Waals surface area contributed by atoms with Crippen LogP contribution in [0.15, 0.2) is 42.5 Å². The molecule has 0 fully saturated rings. The van der Waals surface area contributed by atoms with Crippen LogP contribution in [0, 0.1) is 0 Å². The minimum Gasteiger partial charge on any atom is -0.325 e. The van der Waals surface area contributed by atoms with Gasteiger partial charge in [0.25, 0.3) is 0 Å². The van der Waals surface area contributed by atoms with Gasteiger partial charge in [0.15, 0.2) is 0 Å². The predicted octanol–water partition coefficient (Wildman–Crippen LogP) is 5.41. The average molecular weight is 388 g/mol. The molecule has 0 radical (unpaired) electrons. The van der Waals surface area contributed by atoms with E-state index in [-0.39, 0.29) is 24.4 Å². The number of hydrogen-bond acceptors (Lipinski definition) is 2. The summed E-state index contributed by atoms with van der Waals surface area (Å²) in [6.45, 7) is 2.06. The zero-order valence-electron chi connectivity index (χ0n) is 13.6. The zero-order chi connectivity index (χ0) is 16.8. The second-order valence-corrected chi connectivity index (χ2v) is 6.14. The Morgan fingerprint density at radius 2 is 1.67 bits per heavy atom. The molecule has 2 rings (SSSR count). The molecule has 0 saturated carbocycles. The fourth-order valence-electron chi connectivity index (χ4n) is 2.35. The highest BCUT2D eigenvalue weighted by molar-refractivity contribution is 6.42. The molecule has 1 unspecified atom stereocenters. The Bertz CT molecular complexity index is 674. The molecule has 24 heavy (non-hydrogen) atoms. The highest BCUT2D eigenvalue weighted by Crippen LogP contribution is 2.29. The number of carbonyl (C=O) groups excluding carboxylic acids is 1. The van der Waals surface area contributed by atoms with Crippen LogP contribution < -0.4 is 10.6 Å². The summed E-state index contributed by atoms with van der Waals surface area (Å²) in [4.78, 5) is 12.2. The Hall–Kier alpha value is -1.26. The first-order valence-electron chi connectivity index (χ1n) is 7.58. The number of carbonyl (C=O) groups is 1. The molecule has 1 atom stereocenters. The lowest BCUT2D eigenvalue weighted by Crippen LogP contribution is -2.38. The monoisotopic (exact) mass is 386 g/mol. The number of anilines is 1. The van der Waals surface area contributed by atoms with Gasteiger partial charge >= 0.3 is 0 Å². The van der Waals surface area contributed by atoms with E-state index in [1.54, 1.807) is 13.1 Å². The van der Waals surface area contributed by atoms with Crippen molar-refractivity contribution in [1.29, 1.82) is 0 Å². The largest absolute Gasteiger partial charge is 0.325 e. The molecule has 6 heteroatoms. The molecular weight excluding hydrogens is 367 g/mol. The van der Waals surface area contributed by atoms with Crippen LogP contribution >= 0.6 is 35.6 Å². The summed E-state index contributed by atoms with van der Waals surface area (Å²) in [5.41, 5.74) is 2.77. The lowest BCUT2D eigenvalue weighted by molar-refractivity contribution is -0.118. The summed E-state index contributed by atoms with van der Waals surface area (Å²) >= 11 is 12.0. The van der Waals surface area contributed by atoms with E-state index in [1.807, 2.05) is 36.4 Å². The van der Waals surface area contributed by atoms with Crippen LogP contribution in [0.25, 0.3) is 11.1 Å². The van der Waals surface area contributed by atoms with Gasteiger partial charge in [-0.3, -0.25) is 4.79 Å². The van der Waals surface area contributed by atoms with Crippen molar-refractivity contribution in [2.24, 2.45) is 0 Å². The minimum absolute atomic E-state index is 0. The van der Waals surface area contributed by atoms with Gasteiger partial charge in [0.2, 0.25) is 5.91 Å². The fourth-order valence-corrected chi connectivity index (χ4v) is 2.64. The summed E-state index contributed by atoms with van der Waals surface area (Å²) in [5.74, 6) is -0.0170. The molecule has 130 valence electrons. The molecule has 0 aliphatic carbocycles. The van der Waals surface area contributed by atoms with Crippen LogP contribution in [0.2, 0.25) is 10.0 Å². The van der Waals surface area contributed by atoms with E-state index >= 15 is 0 Å². The first kappa shape index (κ1) is 20.8. The predicted molar refractivity (Wildman–Crippen MR) is 106 cm³/mol. The van der Waals surface area contributed by atoms with Crippen LogP contribution in [0.4, 0.5) is 5.69 Å². The van der Waals surface area contributed by atoms with E-state index in [9.17, 15) is 4.79 Å². The SMILES string of the molecule is CCCC(NC)C(=O)Nc1ccc(-c2ccc(Cl)c(Cl)c2)cc1.Cl. The topological polar surface area (TPSA) is 41.1 Å². The van der Waals surface area contributed by atoms with Gasteiger partial charge < -0.3 is 10.6 Å². The highest BCUT2D eigenvalue weighted by Gasteiger charge is 2.15. The summed E-state index contributed by atoms with van der Waals surface area (Å²) in [7, 11) is 1.80. The third-order valence-electron chi connectivity index (χ3n) is 3.65. The van der Waals surface area contributed by atoms with Gasteiger partial charge in [-0.15, -0.1) is 12.4 Å². The first-order valence-corrected chi connectivity index (χ1v) is 8.34. The second kappa shape index (κ2) is 9.90. The van der Waals surface area contributed by atoms with Crippen molar-refractivity contribution in [1.82, 2.24) is 5.32 Å². The molecule has 2 aromatic rings. The molecular formula is C18H21Cl3N2O. The Morgan fingerprint density at radius 3 is 2.21 bits per heavy atom. The molecule has 1 amide bonds. The van der Waals surface area contributed by atoms with E-state index in [4.69, 9.17) is 23.2 Å². The van der Waals surface area contributed by atoms with Crippen molar-refractivity contribution < 1.29 is 4.79 Å². The summed E-state index contributed by atoms with van der Waals surface area (Å²) in [5, 5.41) is 7.02. The van der Waals surface area contributed by atoms with Crippen LogP contribution in [0.5, 0.6) is 0 Å². The molecule has 2 aromatic carbocycles. The normalized spacial score (nSPS) is 11.5. The van der Waals surface area contributed by atoms with Gasteiger partial charge in [-0.05, 0) is 48.9 Å². The van der Waals surface area contributed by atoms with Crippen LogP contribution in [-0.2, 0) is 4.79 Å². The van der Waals surface area contributed by atoms with E-state index in [1.165, 1.54) is 0 Å². The Morgan fingerprint density at radius 1 is 1.04 bits per heavy atom. The molecule has 0 saturated heterocycles. The molecule has 0 spiro atoms. The van der Waals surface area contributed by atoms with E-state index in [0.29, 0.717) is 10.0 Å². The summed E-state index contributed by atoms with van der Waals surface area (Å²) in [6, 6.07) is 13.0. The Kier molecular flexibility index (Phi) is 8.57. The number of halogens is 3. The Balaban J connectivity index is 0.00000288. The van der Waals surface area contributed by atoms with Crippen molar-refractivity contribution in [2.45, 2.75) is 25.8 Å². The van der Waals surface area contributed by atoms with Crippen LogP contribution in [-0.4, -0.2) is 19.0 Å². The molecule has 3 nitrogen and oxygen atoms in total. The van der Waals surface area contributed by atoms with Gasteiger partial charge in [0, 0.05) is 5.69 Å². The maximum absolute atomic E-state index is 12.2. The second-order valence-electron chi connectivity index (χ2n) is 5.33. The van der Waals surface area contributed by atoms with Gasteiger partial charge in [0.05, 0.1) is 16.1 Å². The molecule has 0 heterocycles. The van der Waals surface area contributed by atoms with Crippen molar-refractivity contribution in [3.05, 3.63) is 52.5 Å². The average Bonchev–Trinajstić information content (AvgIpc) is 2.55. The lowest BCUT2D eigenvalue weighted by Gasteiger charge is -2.15. The van der Waals surface area contributed by atoms with Crippen LogP contribution in [0.1, 0.15) is 19.8 Å². The first-order chi connectivity index (χ1) is 11.0. The van der Waals surface area contributed by atoms with E-state index < -0.39 is 0 Å². The zero-order valence-corrected chi connectivity index (χ0v) is 15.9. The highest BCUT2D eigenvalue weighted by atomic mass is 35.5. The van der Waals surface area contributed by atoms with Gasteiger partial charge in [0.1, 0.15) is 0 Å². The number of rotatable bonds is 6. The van der Waals surface area contributed by atoms with Gasteiger partial charge in [-0.2, -0.15) is 0 Å². The van der Waals surface area contributed by atoms with Crippen molar-refractivity contribution in [3.8, 4) is 11.1 Å². The standard InChI is InChI=1S/C18H20Cl2N2O.ClH/c1-3-4-17(21-2)18(23)22-14-8-5-12(6-9-14)13-7-10-15(19)16(20)11-13;/h5-11,17,21H,3-4H2,1-2H3,(H,22,23);1H. The summed E-state index contributed by atoms with van der Waals surface area (Å²) < 4.78 is 0. The van der Waals surface area contributed by atoms with Crippen LogP contribution in [0.3, 0.4) is 0 Å². The number of benzene rings is 2. The van der Waals surface area contributed by atoms with E-state index in [0.717, 1.165) is 29.7 Å². The third-order valence-corrected chi connectivity index (χ3v) is 4.39. The van der Waals surface area contributed by atoms with Crippen molar-refractivity contribution >= 4 is 47.2 Å². The number of amides is 1. The maximum atomic E-state index is 12.2. The molecule has 0 aliphatic rings. The molecule has 0 bridgehead atoms. The fraction of sp³-hybridized carbons (Fsp3) is 0.278. The quantitative estimate of drug-likeness (QED) is 0.696. The molecule has 0 aliphatic heterocycles. The minimum atomic E-state index is -0.172. The summed E-state index contributed by atoms with van der Waals surface area (Å²) in [6.07, 6.45) is 1.76. The van der Waals surface area contributed by atoms with Crippen molar-refractivity contribution in [3.63, 3.8) is 0 Å². The number of nitrogens with one attached hydrogen (secondary N) is 2. The smallest absolute Gasteiger partial charge is 0.241 e.